The van der Waals surface area contributed by atoms with Gasteiger partial charge in [-0.1, -0.05) is 39.0 Å². The minimum Gasteiger partial charge on any atom is -0.465 e. The molecule has 0 radical (unpaired) electrons. The van der Waals surface area contributed by atoms with Crippen molar-refractivity contribution in [1.29, 1.82) is 0 Å². The predicted molar refractivity (Wildman–Crippen MR) is 104 cm³/mol. The number of likely N-dealkylation sites (tertiary alicyclic amines) is 1. The van der Waals surface area contributed by atoms with E-state index < -0.39 is 0 Å². The average Bonchev–Trinajstić information content (AvgIpc) is 2.96. The summed E-state index contributed by atoms with van der Waals surface area (Å²) in [5.74, 6) is -0.138. The van der Waals surface area contributed by atoms with Crippen molar-refractivity contribution in [3.63, 3.8) is 0 Å². The van der Waals surface area contributed by atoms with Crippen molar-refractivity contribution in [2.45, 2.75) is 52.5 Å². The summed E-state index contributed by atoms with van der Waals surface area (Å²) >= 11 is 0. The Morgan fingerprint density at radius 1 is 1.22 bits per heavy atom. The second kappa shape index (κ2) is 8.98. The molecule has 1 heterocycles. The van der Waals surface area contributed by atoms with Crippen molar-refractivity contribution >= 4 is 17.7 Å². The Kier molecular flexibility index (Phi) is 6.94. The van der Waals surface area contributed by atoms with E-state index in [0.29, 0.717) is 31.4 Å². The van der Waals surface area contributed by atoms with Crippen molar-refractivity contribution < 1.29 is 19.1 Å². The summed E-state index contributed by atoms with van der Waals surface area (Å²) in [5, 5.41) is 0. The number of amides is 1. The predicted octanol–water partition coefficient (Wildman–Crippen LogP) is 3.57. The van der Waals surface area contributed by atoms with Crippen LogP contribution in [0.4, 0.5) is 0 Å². The summed E-state index contributed by atoms with van der Waals surface area (Å²) in [6.45, 7) is 6.71. The standard InChI is InChI=1S/C22H29NO4/c1-22(2,3)15-19(24)11-9-18-10-12-20(25)23(18)14-13-16-5-7-17(8-6-16)21(26)27-4/h5-9,11,18H,10,12-15H2,1-4H3. The molecule has 0 saturated carbocycles. The number of rotatable bonds is 7. The molecule has 146 valence electrons. The lowest BCUT2D eigenvalue weighted by atomic mass is 9.90. The highest BCUT2D eigenvalue weighted by Gasteiger charge is 2.28. The van der Waals surface area contributed by atoms with Crippen LogP contribution >= 0.6 is 0 Å². The van der Waals surface area contributed by atoms with Gasteiger partial charge in [0.1, 0.15) is 0 Å². The molecule has 5 nitrogen and oxygen atoms in total. The monoisotopic (exact) mass is 371 g/mol. The van der Waals surface area contributed by atoms with Crippen LogP contribution in [-0.2, 0) is 20.7 Å². The van der Waals surface area contributed by atoms with Gasteiger partial charge in [-0.15, -0.1) is 0 Å². The second-order valence-electron chi connectivity index (χ2n) is 8.19. The SMILES string of the molecule is COC(=O)c1ccc(CCN2C(=O)CCC2C=CC(=O)CC(C)(C)C)cc1. The van der Waals surface area contributed by atoms with Crippen LogP contribution in [0.2, 0.25) is 0 Å². The number of carbonyl (C=O) groups is 3. The molecule has 27 heavy (non-hydrogen) atoms. The van der Waals surface area contributed by atoms with Crippen molar-refractivity contribution in [3.05, 3.63) is 47.5 Å². The van der Waals surface area contributed by atoms with E-state index in [9.17, 15) is 14.4 Å². The third-order valence-electron chi connectivity index (χ3n) is 4.60. The lowest BCUT2D eigenvalue weighted by molar-refractivity contribution is -0.128. The Hall–Kier alpha value is -2.43. The third-order valence-corrected chi connectivity index (χ3v) is 4.60. The molecule has 0 spiro atoms. The van der Waals surface area contributed by atoms with Crippen LogP contribution in [0.1, 0.15) is 56.0 Å². The summed E-state index contributed by atoms with van der Waals surface area (Å²) in [7, 11) is 1.36. The van der Waals surface area contributed by atoms with E-state index in [0.717, 1.165) is 12.0 Å². The summed E-state index contributed by atoms with van der Waals surface area (Å²) in [6.07, 6.45) is 5.97. The second-order valence-corrected chi connectivity index (χ2v) is 8.19. The molecule has 1 aromatic carbocycles. The molecule has 0 aromatic heterocycles. The summed E-state index contributed by atoms with van der Waals surface area (Å²) in [5.41, 5.74) is 1.52. The van der Waals surface area contributed by atoms with Crippen LogP contribution in [0, 0.1) is 5.41 Å². The molecule has 1 atom stereocenters. The summed E-state index contributed by atoms with van der Waals surface area (Å²) < 4.78 is 4.69. The maximum Gasteiger partial charge on any atom is 0.337 e. The number of benzene rings is 1. The molecule has 1 unspecified atom stereocenters. The van der Waals surface area contributed by atoms with Gasteiger partial charge in [-0.3, -0.25) is 9.59 Å². The van der Waals surface area contributed by atoms with Gasteiger partial charge in [-0.25, -0.2) is 4.79 Å². The zero-order valence-electron chi connectivity index (χ0n) is 16.7. The zero-order chi connectivity index (χ0) is 20.0. The van der Waals surface area contributed by atoms with E-state index in [2.05, 4.69) is 0 Å². The number of hydrogen-bond donors (Lipinski definition) is 0. The number of allylic oxidation sites excluding steroid dienone is 1. The molecule has 1 aliphatic heterocycles. The molecule has 1 aliphatic rings. The topological polar surface area (TPSA) is 63.7 Å². The minimum atomic E-state index is -0.360. The molecule has 0 bridgehead atoms. The van der Waals surface area contributed by atoms with Gasteiger partial charge in [0, 0.05) is 19.4 Å². The van der Waals surface area contributed by atoms with E-state index in [1.807, 2.05) is 43.9 Å². The fourth-order valence-corrected chi connectivity index (χ4v) is 3.22. The van der Waals surface area contributed by atoms with E-state index in [1.54, 1.807) is 18.2 Å². The Bertz CT molecular complexity index is 713. The first-order valence-corrected chi connectivity index (χ1v) is 9.37. The highest BCUT2D eigenvalue weighted by atomic mass is 16.5. The van der Waals surface area contributed by atoms with Crippen LogP contribution in [0.15, 0.2) is 36.4 Å². The number of carbonyl (C=O) groups excluding carboxylic acids is 3. The van der Waals surface area contributed by atoms with E-state index in [4.69, 9.17) is 4.74 Å². The Balaban J connectivity index is 1.94. The smallest absolute Gasteiger partial charge is 0.337 e. The zero-order valence-corrected chi connectivity index (χ0v) is 16.7. The molecule has 1 amide bonds. The maximum absolute atomic E-state index is 12.2. The number of nitrogens with zero attached hydrogens (tertiary/aromatic N) is 1. The van der Waals surface area contributed by atoms with Gasteiger partial charge in [-0.2, -0.15) is 0 Å². The molecular weight excluding hydrogens is 342 g/mol. The third kappa shape index (κ3) is 6.35. The van der Waals surface area contributed by atoms with Gasteiger partial charge < -0.3 is 9.64 Å². The van der Waals surface area contributed by atoms with Crippen molar-refractivity contribution in [1.82, 2.24) is 4.90 Å². The fraction of sp³-hybridized carbons (Fsp3) is 0.500. The van der Waals surface area contributed by atoms with Crippen LogP contribution in [0.5, 0.6) is 0 Å². The molecule has 5 heteroatoms. The molecule has 0 N–H and O–H groups in total. The largest absolute Gasteiger partial charge is 0.465 e. The fourth-order valence-electron chi connectivity index (χ4n) is 3.22. The van der Waals surface area contributed by atoms with Gasteiger partial charge in [0.25, 0.3) is 0 Å². The molecule has 1 saturated heterocycles. The first-order valence-electron chi connectivity index (χ1n) is 9.37. The molecular formula is C22H29NO4. The van der Waals surface area contributed by atoms with Crippen LogP contribution in [0.3, 0.4) is 0 Å². The van der Waals surface area contributed by atoms with Gasteiger partial charge in [-0.05, 0) is 42.0 Å². The molecule has 1 fully saturated rings. The van der Waals surface area contributed by atoms with E-state index in [1.165, 1.54) is 7.11 Å². The lowest BCUT2D eigenvalue weighted by Crippen LogP contribution is -2.33. The van der Waals surface area contributed by atoms with E-state index >= 15 is 0 Å². The van der Waals surface area contributed by atoms with Crippen LogP contribution in [0.25, 0.3) is 0 Å². The minimum absolute atomic E-state index is 0.0178. The Morgan fingerprint density at radius 3 is 2.48 bits per heavy atom. The summed E-state index contributed by atoms with van der Waals surface area (Å²) in [6, 6.07) is 7.20. The highest BCUT2D eigenvalue weighted by molar-refractivity contribution is 5.90. The maximum atomic E-state index is 12.2. The molecule has 1 aromatic rings. The van der Waals surface area contributed by atoms with Crippen molar-refractivity contribution in [3.8, 4) is 0 Å². The first kappa shape index (κ1) is 20.9. The van der Waals surface area contributed by atoms with Crippen LogP contribution < -0.4 is 0 Å². The van der Waals surface area contributed by atoms with Crippen molar-refractivity contribution in [2.75, 3.05) is 13.7 Å². The van der Waals surface area contributed by atoms with Gasteiger partial charge in [0.15, 0.2) is 5.78 Å². The van der Waals surface area contributed by atoms with Gasteiger partial charge >= 0.3 is 5.97 Å². The number of hydrogen-bond acceptors (Lipinski definition) is 4. The Morgan fingerprint density at radius 2 is 1.89 bits per heavy atom. The number of methoxy groups -OCH3 is 1. The van der Waals surface area contributed by atoms with Gasteiger partial charge in [0.05, 0.1) is 18.7 Å². The molecule has 2 rings (SSSR count). The van der Waals surface area contributed by atoms with Crippen LogP contribution in [-0.4, -0.2) is 42.3 Å². The number of ether oxygens (including phenoxy) is 1. The van der Waals surface area contributed by atoms with Gasteiger partial charge in [0.2, 0.25) is 5.91 Å². The quantitative estimate of drug-likeness (QED) is 0.543. The summed E-state index contributed by atoms with van der Waals surface area (Å²) in [4.78, 5) is 37.6. The molecule has 0 aliphatic carbocycles. The average molecular weight is 371 g/mol. The first-order chi connectivity index (χ1) is 12.7. The number of esters is 1. The normalized spacial score (nSPS) is 17.6. The highest BCUT2D eigenvalue weighted by Crippen LogP contribution is 2.22. The van der Waals surface area contributed by atoms with Crippen molar-refractivity contribution in [2.24, 2.45) is 5.41 Å². The Labute approximate surface area is 161 Å². The van der Waals surface area contributed by atoms with E-state index in [-0.39, 0.29) is 29.1 Å². The number of ketones is 1. The lowest BCUT2D eigenvalue weighted by Gasteiger charge is -2.22.